The van der Waals surface area contributed by atoms with Crippen LogP contribution in [0.3, 0.4) is 0 Å². The quantitative estimate of drug-likeness (QED) is 0.780. The van der Waals surface area contributed by atoms with Crippen molar-refractivity contribution < 1.29 is 14.6 Å². The molecule has 0 saturated heterocycles. The lowest BCUT2D eigenvalue weighted by atomic mass is 10.3. The molecule has 0 aromatic carbocycles. The number of carbonyl (C=O) groups is 1. The Morgan fingerprint density at radius 2 is 2.17 bits per heavy atom. The van der Waals surface area contributed by atoms with Crippen molar-refractivity contribution in [3.05, 3.63) is 34.5 Å². The summed E-state index contributed by atoms with van der Waals surface area (Å²) in [7, 11) is 1.44. The van der Waals surface area contributed by atoms with Crippen LogP contribution in [-0.2, 0) is 0 Å². The molecule has 0 aliphatic heterocycles. The molecular weight excluding hydrogens is 240 g/mol. The zero-order valence-corrected chi connectivity index (χ0v) is 9.25. The number of nitrogens with zero attached hydrogens (tertiary/aromatic N) is 3. The third kappa shape index (κ3) is 2.32. The predicted octanol–water partition coefficient (Wildman–Crippen LogP) is -0.0663. The van der Waals surface area contributed by atoms with Crippen LogP contribution in [0, 0.1) is 0 Å². The van der Waals surface area contributed by atoms with E-state index in [1.54, 1.807) is 0 Å². The zero-order chi connectivity index (χ0) is 13.1. The van der Waals surface area contributed by atoms with Crippen LogP contribution in [0.5, 0.6) is 5.88 Å². The number of rotatable bonds is 3. The van der Waals surface area contributed by atoms with Crippen molar-refractivity contribution in [2.45, 2.75) is 0 Å². The molecule has 0 radical (unpaired) electrons. The maximum Gasteiger partial charge on any atom is 0.354 e. The molecule has 2 rings (SSSR count). The SMILES string of the molecule is COc1cnc(-c2nc(C(=O)O)cc(=O)[nH]2)cn1. The van der Waals surface area contributed by atoms with E-state index in [4.69, 9.17) is 9.84 Å². The van der Waals surface area contributed by atoms with Gasteiger partial charge < -0.3 is 14.8 Å². The molecule has 0 unspecified atom stereocenters. The van der Waals surface area contributed by atoms with E-state index in [-0.39, 0.29) is 17.2 Å². The molecule has 0 saturated carbocycles. The molecule has 0 aliphatic rings. The van der Waals surface area contributed by atoms with Crippen molar-refractivity contribution in [2.75, 3.05) is 7.11 Å². The van der Waals surface area contributed by atoms with E-state index in [0.29, 0.717) is 5.88 Å². The zero-order valence-electron chi connectivity index (χ0n) is 9.25. The fourth-order valence-corrected chi connectivity index (χ4v) is 1.23. The fraction of sp³-hybridized carbons (Fsp3) is 0.100. The average Bonchev–Trinajstić information content (AvgIpc) is 2.38. The minimum absolute atomic E-state index is 0.0371. The topological polar surface area (TPSA) is 118 Å². The van der Waals surface area contributed by atoms with Gasteiger partial charge in [-0.3, -0.25) is 4.79 Å². The van der Waals surface area contributed by atoms with E-state index < -0.39 is 11.5 Å². The number of H-pyrrole nitrogens is 1. The predicted molar refractivity (Wildman–Crippen MR) is 59.4 cm³/mol. The Labute approximate surface area is 100 Å². The molecule has 2 aromatic rings. The number of ether oxygens (including phenoxy) is 1. The first-order chi connectivity index (χ1) is 8.60. The van der Waals surface area contributed by atoms with Crippen LogP contribution < -0.4 is 10.3 Å². The van der Waals surface area contributed by atoms with Gasteiger partial charge in [-0.05, 0) is 0 Å². The highest BCUT2D eigenvalue weighted by molar-refractivity contribution is 5.85. The maximum absolute atomic E-state index is 11.3. The standard InChI is InChI=1S/C10H8N4O4/c1-18-8-4-11-6(3-12-8)9-13-5(10(16)17)2-7(15)14-9/h2-4H,1H3,(H,16,17)(H,13,14,15). The molecule has 2 aromatic heterocycles. The number of hydrogen-bond donors (Lipinski definition) is 2. The molecular formula is C10H8N4O4. The number of carboxylic acids is 1. The Morgan fingerprint density at radius 1 is 1.39 bits per heavy atom. The number of carboxylic acid groups (broad SMARTS) is 1. The molecule has 2 N–H and O–H groups in total. The van der Waals surface area contributed by atoms with Crippen LogP contribution >= 0.6 is 0 Å². The van der Waals surface area contributed by atoms with E-state index in [1.807, 2.05) is 0 Å². The van der Waals surface area contributed by atoms with Crippen molar-refractivity contribution in [1.29, 1.82) is 0 Å². The first kappa shape index (κ1) is 11.7. The van der Waals surface area contributed by atoms with Crippen LogP contribution in [0.25, 0.3) is 11.5 Å². The van der Waals surface area contributed by atoms with E-state index in [2.05, 4.69) is 19.9 Å². The third-order valence-corrected chi connectivity index (χ3v) is 2.04. The number of hydrogen-bond acceptors (Lipinski definition) is 6. The summed E-state index contributed by atoms with van der Waals surface area (Å²) in [6.07, 6.45) is 2.66. The second-order valence-corrected chi connectivity index (χ2v) is 3.23. The van der Waals surface area contributed by atoms with Gasteiger partial charge in [-0.15, -0.1) is 0 Å². The molecule has 18 heavy (non-hydrogen) atoms. The van der Waals surface area contributed by atoms with Gasteiger partial charge >= 0.3 is 5.97 Å². The summed E-state index contributed by atoms with van der Waals surface area (Å²) in [5, 5.41) is 8.79. The minimum Gasteiger partial charge on any atom is -0.480 e. The van der Waals surface area contributed by atoms with Gasteiger partial charge in [0.15, 0.2) is 11.5 Å². The minimum atomic E-state index is -1.29. The Hall–Kier alpha value is -2.77. The molecule has 0 aliphatic carbocycles. The number of nitrogens with one attached hydrogen (secondary N) is 1. The molecule has 8 heteroatoms. The van der Waals surface area contributed by atoms with Gasteiger partial charge in [0, 0.05) is 6.07 Å². The average molecular weight is 248 g/mol. The van der Waals surface area contributed by atoms with Crippen LogP contribution in [-0.4, -0.2) is 38.1 Å². The molecule has 0 amide bonds. The van der Waals surface area contributed by atoms with Gasteiger partial charge in [-0.25, -0.2) is 19.7 Å². The van der Waals surface area contributed by atoms with Gasteiger partial charge in [0.2, 0.25) is 5.88 Å². The first-order valence-corrected chi connectivity index (χ1v) is 4.81. The molecule has 2 heterocycles. The van der Waals surface area contributed by atoms with Crippen LogP contribution in [0.15, 0.2) is 23.3 Å². The highest BCUT2D eigenvalue weighted by atomic mass is 16.5. The summed E-state index contributed by atoms with van der Waals surface area (Å²) in [6, 6.07) is 0.892. The van der Waals surface area contributed by atoms with E-state index >= 15 is 0 Å². The Balaban J connectivity index is 2.49. The lowest BCUT2D eigenvalue weighted by molar-refractivity contribution is 0.0690. The van der Waals surface area contributed by atoms with Crippen LogP contribution in [0.1, 0.15) is 10.5 Å². The Kier molecular flexibility index (Phi) is 3.00. The van der Waals surface area contributed by atoms with Gasteiger partial charge in [-0.2, -0.15) is 0 Å². The second kappa shape index (κ2) is 4.62. The van der Waals surface area contributed by atoms with Gasteiger partial charge in [0.25, 0.3) is 5.56 Å². The van der Waals surface area contributed by atoms with E-state index in [9.17, 15) is 9.59 Å². The van der Waals surface area contributed by atoms with Gasteiger partial charge in [0.05, 0.1) is 19.5 Å². The highest BCUT2D eigenvalue weighted by Crippen LogP contribution is 2.11. The molecule has 0 fully saturated rings. The highest BCUT2D eigenvalue weighted by Gasteiger charge is 2.10. The van der Waals surface area contributed by atoms with Gasteiger partial charge in [-0.1, -0.05) is 0 Å². The largest absolute Gasteiger partial charge is 0.480 e. The summed E-state index contributed by atoms with van der Waals surface area (Å²) >= 11 is 0. The lowest BCUT2D eigenvalue weighted by Crippen LogP contribution is -2.14. The van der Waals surface area contributed by atoms with Crippen molar-refractivity contribution in [2.24, 2.45) is 0 Å². The Bertz CT molecular complexity index is 635. The number of aromatic nitrogens is 4. The summed E-state index contributed by atoms with van der Waals surface area (Å²) in [5.74, 6) is -0.950. The smallest absolute Gasteiger partial charge is 0.354 e. The van der Waals surface area contributed by atoms with E-state index in [0.717, 1.165) is 6.07 Å². The maximum atomic E-state index is 11.3. The molecule has 8 nitrogen and oxygen atoms in total. The number of aromatic carboxylic acids is 1. The first-order valence-electron chi connectivity index (χ1n) is 4.81. The molecule has 0 bridgehead atoms. The lowest BCUT2D eigenvalue weighted by Gasteiger charge is -2.02. The summed E-state index contributed by atoms with van der Waals surface area (Å²) in [6.45, 7) is 0. The van der Waals surface area contributed by atoms with Crippen molar-refractivity contribution in [1.82, 2.24) is 19.9 Å². The third-order valence-electron chi connectivity index (χ3n) is 2.04. The second-order valence-electron chi connectivity index (χ2n) is 3.23. The van der Waals surface area contributed by atoms with Crippen molar-refractivity contribution >= 4 is 5.97 Å². The summed E-state index contributed by atoms with van der Waals surface area (Å²) in [4.78, 5) is 36.0. The molecule has 0 spiro atoms. The van der Waals surface area contributed by atoms with Crippen LogP contribution in [0.2, 0.25) is 0 Å². The van der Waals surface area contributed by atoms with Crippen molar-refractivity contribution in [3.63, 3.8) is 0 Å². The Morgan fingerprint density at radius 3 is 2.72 bits per heavy atom. The summed E-state index contributed by atoms with van der Waals surface area (Å²) in [5.41, 5.74) is -0.683. The molecule has 92 valence electrons. The number of aromatic amines is 1. The fourth-order valence-electron chi connectivity index (χ4n) is 1.23. The van der Waals surface area contributed by atoms with E-state index in [1.165, 1.54) is 19.5 Å². The van der Waals surface area contributed by atoms with Crippen molar-refractivity contribution in [3.8, 4) is 17.4 Å². The summed E-state index contributed by atoms with van der Waals surface area (Å²) < 4.78 is 4.83. The van der Waals surface area contributed by atoms with Crippen LogP contribution in [0.4, 0.5) is 0 Å². The normalized spacial score (nSPS) is 10.1. The number of methoxy groups -OCH3 is 1. The molecule has 0 atom stereocenters. The monoisotopic (exact) mass is 248 g/mol. The van der Waals surface area contributed by atoms with Gasteiger partial charge in [0.1, 0.15) is 5.69 Å².